The number of nitrogens with one attached hydrogen (secondary N) is 2. The number of nitrogens with zero attached hydrogens (tertiary/aromatic N) is 1. The van der Waals surface area contributed by atoms with Crippen LogP contribution in [0.15, 0.2) is 47.6 Å². The van der Waals surface area contributed by atoms with E-state index in [0.717, 1.165) is 14.8 Å². The molecule has 0 spiro atoms. The lowest BCUT2D eigenvalue weighted by Crippen LogP contribution is -2.35. The van der Waals surface area contributed by atoms with Gasteiger partial charge in [-0.25, -0.2) is 5.43 Å². The molecule has 0 unspecified atom stereocenters. The summed E-state index contributed by atoms with van der Waals surface area (Å²) in [6, 6.07) is 12.3. The molecule has 3 N–H and O–H groups in total. The first-order valence-electron chi connectivity index (χ1n) is 7.11. The van der Waals surface area contributed by atoms with Crippen molar-refractivity contribution in [3.8, 4) is 5.75 Å². The van der Waals surface area contributed by atoms with E-state index < -0.39 is 6.04 Å². The zero-order valence-corrected chi connectivity index (χ0v) is 15.0. The summed E-state index contributed by atoms with van der Waals surface area (Å²) in [6.45, 7) is 3.76. The lowest BCUT2D eigenvalue weighted by atomic mass is 10.2. The van der Waals surface area contributed by atoms with Crippen LogP contribution in [0.1, 0.15) is 18.1 Å². The van der Waals surface area contributed by atoms with Gasteiger partial charge in [-0.3, -0.25) is 4.79 Å². The molecule has 6 heteroatoms. The average molecular weight is 423 g/mol. The maximum Gasteiger partial charge on any atom is 0.262 e. The molecule has 1 amide bonds. The van der Waals surface area contributed by atoms with Crippen molar-refractivity contribution >= 4 is 40.4 Å². The molecule has 1 atom stereocenters. The van der Waals surface area contributed by atoms with Crippen molar-refractivity contribution in [1.82, 2.24) is 5.43 Å². The first-order valence-corrected chi connectivity index (χ1v) is 8.19. The highest BCUT2D eigenvalue weighted by Gasteiger charge is 2.12. The number of hydrogen-bond donors (Lipinski definition) is 3. The molecule has 0 aliphatic rings. The Balaban J connectivity index is 1.94. The molecular formula is C17H18IN3O2. The second-order valence-corrected chi connectivity index (χ2v) is 6.36. The van der Waals surface area contributed by atoms with Gasteiger partial charge in [0.15, 0.2) is 0 Å². The van der Waals surface area contributed by atoms with Gasteiger partial charge in [0.2, 0.25) is 0 Å². The number of amides is 1. The maximum atomic E-state index is 12.0. The molecule has 0 saturated heterocycles. The second kappa shape index (κ2) is 7.96. The molecule has 2 aromatic rings. The number of para-hydroxylation sites is 1. The van der Waals surface area contributed by atoms with Crippen LogP contribution in [0.25, 0.3) is 0 Å². The second-order valence-electron chi connectivity index (χ2n) is 5.12. The Morgan fingerprint density at radius 1 is 1.30 bits per heavy atom. The number of aryl methyl sites for hydroxylation is 1. The molecule has 5 nitrogen and oxygen atoms in total. The number of benzene rings is 2. The summed E-state index contributed by atoms with van der Waals surface area (Å²) in [5.41, 5.74) is 5.00. The lowest BCUT2D eigenvalue weighted by molar-refractivity contribution is -0.121. The zero-order chi connectivity index (χ0) is 16.8. The van der Waals surface area contributed by atoms with E-state index in [9.17, 15) is 9.90 Å². The van der Waals surface area contributed by atoms with Crippen molar-refractivity contribution in [2.45, 2.75) is 19.9 Å². The third kappa shape index (κ3) is 4.95. The molecule has 0 aliphatic carbocycles. The molecule has 120 valence electrons. The summed E-state index contributed by atoms with van der Waals surface area (Å²) in [4.78, 5) is 12.0. The van der Waals surface area contributed by atoms with Crippen LogP contribution in [0, 0.1) is 10.5 Å². The van der Waals surface area contributed by atoms with Gasteiger partial charge in [-0.15, -0.1) is 0 Å². The van der Waals surface area contributed by atoms with E-state index in [4.69, 9.17) is 0 Å². The predicted octanol–water partition coefficient (Wildman–Crippen LogP) is 3.26. The SMILES string of the molecule is Cc1cc(I)ccc1N[C@H](C)C(=O)N/N=C\c1ccccc1O. The van der Waals surface area contributed by atoms with Crippen LogP contribution in [0.4, 0.5) is 5.69 Å². The minimum atomic E-state index is -0.435. The smallest absolute Gasteiger partial charge is 0.262 e. The van der Waals surface area contributed by atoms with E-state index in [1.165, 1.54) is 6.21 Å². The quantitative estimate of drug-likeness (QED) is 0.393. The highest BCUT2D eigenvalue weighted by Crippen LogP contribution is 2.18. The van der Waals surface area contributed by atoms with E-state index in [-0.39, 0.29) is 11.7 Å². The molecule has 0 fully saturated rings. The standard InChI is InChI=1S/C17H18IN3O2/c1-11-9-14(18)7-8-15(11)20-12(2)17(23)21-19-10-13-5-3-4-6-16(13)22/h3-10,12,20,22H,1-2H3,(H,21,23)/b19-10-/t12-/m1/s1. The summed E-state index contributed by atoms with van der Waals surface area (Å²) in [7, 11) is 0. The van der Waals surface area contributed by atoms with Crippen molar-refractivity contribution < 1.29 is 9.90 Å². The Morgan fingerprint density at radius 3 is 2.74 bits per heavy atom. The van der Waals surface area contributed by atoms with Crippen molar-refractivity contribution in [1.29, 1.82) is 0 Å². The van der Waals surface area contributed by atoms with Crippen LogP contribution in [-0.2, 0) is 4.79 Å². The van der Waals surface area contributed by atoms with Crippen LogP contribution in [0.5, 0.6) is 5.75 Å². The summed E-state index contributed by atoms with van der Waals surface area (Å²) in [5, 5.41) is 16.7. The highest BCUT2D eigenvalue weighted by molar-refractivity contribution is 14.1. The molecule has 0 aromatic heterocycles. The van der Waals surface area contributed by atoms with Crippen LogP contribution in [-0.4, -0.2) is 23.3 Å². The van der Waals surface area contributed by atoms with E-state index in [1.54, 1.807) is 31.2 Å². The van der Waals surface area contributed by atoms with Gasteiger partial charge in [0, 0.05) is 14.8 Å². The largest absolute Gasteiger partial charge is 0.507 e. The summed E-state index contributed by atoms with van der Waals surface area (Å²) in [5.74, 6) is -0.138. The number of phenols is 1. The normalized spacial score (nSPS) is 12.1. The van der Waals surface area contributed by atoms with Crippen LogP contribution < -0.4 is 10.7 Å². The monoisotopic (exact) mass is 423 g/mol. The Kier molecular flexibility index (Phi) is 5.97. The van der Waals surface area contributed by atoms with E-state index in [2.05, 4.69) is 38.4 Å². The molecule has 0 aliphatic heterocycles. The number of halogens is 1. The average Bonchev–Trinajstić information content (AvgIpc) is 2.51. The number of hydrazone groups is 1. The van der Waals surface area contributed by atoms with Gasteiger partial charge in [0.1, 0.15) is 11.8 Å². The Morgan fingerprint density at radius 2 is 2.04 bits per heavy atom. The fourth-order valence-corrected chi connectivity index (χ4v) is 2.59. The van der Waals surface area contributed by atoms with Gasteiger partial charge >= 0.3 is 0 Å². The van der Waals surface area contributed by atoms with Gasteiger partial charge in [0.25, 0.3) is 5.91 Å². The minimum absolute atomic E-state index is 0.117. The van der Waals surface area contributed by atoms with Crippen LogP contribution >= 0.6 is 22.6 Å². The minimum Gasteiger partial charge on any atom is -0.507 e. The molecular weight excluding hydrogens is 405 g/mol. The number of aromatic hydroxyl groups is 1. The first kappa shape index (κ1) is 17.3. The molecule has 2 aromatic carbocycles. The van der Waals surface area contributed by atoms with Crippen LogP contribution in [0.3, 0.4) is 0 Å². The van der Waals surface area contributed by atoms with Gasteiger partial charge in [-0.2, -0.15) is 5.10 Å². The van der Waals surface area contributed by atoms with Gasteiger partial charge in [0.05, 0.1) is 6.21 Å². The van der Waals surface area contributed by atoms with E-state index in [1.807, 2.05) is 25.1 Å². The number of carbonyl (C=O) groups excluding carboxylic acids is 1. The first-order chi connectivity index (χ1) is 11.0. The number of anilines is 1. The maximum absolute atomic E-state index is 12.0. The Hall–Kier alpha value is -2.09. The third-order valence-electron chi connectivity index (χ3n) is 3.27. The summed E-state index contributed by atoms with van der Waals surface area (Å²) >= 11 is 2.25. The number of carbonyl (C=O) groups is 1. The van der Waals surface area contributed by atoms with Crippen LogP contribution in [0.2, 0.25) is 0 Å². The number of phenolic OH excluding ortho intramolecular Hbond substituents is 1. The van der Waals surface area contributed by atoms with Gasteiger partial charge in [-0.1, -0.05) is 12.1 Å². The lowest BCUT2D eigenvalue weighted by Gasteiger charge is -2.15. The van der Waals surface area contributed by atoms with Gasteiger partial charge in [-0.05, 0) is 72.3 Å². The third-order valence-corrected chi connectivity index (χ3v) is 3.94. The topological polar surface area (TPSA) is 73.7 Å². The Labute approximate surface area is 148 Å². The van der Waals surface area contributed by atoms with Crippen molar-refractivity contribution in [3.05, 3.63) is 57.2 Å². The zero-order valence-electron chi connectivity index (χ0n) is 12.9. The summed E-state index contributed by atoms with van der Waals surface area (Å²) < 4.78 is 1.15. The molecule has 0 saturated carbocycles. The predicted molar refractivity (Wildman–Crippen MR) is 101 cm³/mol. The van der Waals surface area contributed by atoms with Crippen molar-refractivity contribution in [2.75, 3.05) is 5.32 Å². The molecule has 0 radical (unpaired) electrons. The Bertz CT molecular complexity index is 732. The van der Waals surface area contributed by atoms with Crippen molar-refractivity contribution in [2.24, 2.45) is 5.10 Å². The summed E-state index contributed by atoms with van der Waals surface area (Å²) in [6.07, 6.45) is 1.41. The van der Waals surface area contributed by atoms with Crippen molar-refractivity contribution in [3.63, 3.8) is 0 Å². The number of rotatable bonds is 5. The van der Waals surface area contributed by atoms with E-state index >= 15 is 0 Å². The van der Waals surface area contributed by atoms with E-state index in [0.29, 0.717) is 5.56 Å². The van der Waals surface area contributed by atoms with Gasteiger partial charge < -0.3 is 10.4 Å². The molecule has 23 heavy (non-hydrogen) atoms. The fraction of sp³-hybridized carbons (Fsp3) is 0.176. The molecule has 2 rings (SSSR count). The highest BCUT2D eigenvalue weighted by atomic mass is 127. The molecule has 0 bridgehead atoms. The number of hydrogen-bond acceptors (Lipinski definition) is 4. The molecule has 0 heterocycles. The fourth-order valence-electron chi connectivity index (χ4n) is 1.95.